The van der Waals surface area contributed by atoms with Gasteiger partial charge in [-0.2, -0.15) is 0 Å². The van der Waals surface area contributed by atoms with Gasteiger partial charge in [-0.05, 0) is 25.8 Å². The van der Waals surface area contributed by atoms with Gasteiger partial charge in [0, 0.05) is 12.5 Å². The number of rotatable bonds is 4. The SMILES string of the molecule is C#CCCCC=C=CC(C)=O. The number of hydrogen-bond donors (Lipinski definition) is 0. The van der Waals surface area contributed by atoms with Gasteiger partial charge in [0.2, 0.25) is 0 Å². The summed E-state index contributed by atoms with van der Waals surface area (Å²) in [6.45, 7) is 1.50. The molecule has 0 aliphatic heterocycles. The Labute approximate surface area is 67.8 Å². The molecule has 0 saturated heterocycles. The second kappa shape index (κ2) is 6.86. The van der Waals surface area contributed by atoms with Crippen LogP contribution in [0, 0.1) is 12.3 Å². The molecule has 0 fully saturated rings. The molecular formula is C10H12O. The summed E-state index contributed by atoms with van der Waals surface area (Å²) in [6.07, 6.45) is 11.0. The summed E-state index contributed by atoms with van der Waals surface area (Å²) in [5.41, 5.74) is 2.78. The van der Waals surface area contributed by atoms with Gasteiger partial charge in [-0.15, -0.1) is 18.1 Å². The van der Waals surface area contributed by atoms with E-state index in [1.54, 1.807) is 0 Å². The zero-order chi connectivity index (χ0) is 8.53. The molecule has 0 unspecified atom stereocenters. The van der Waals surface area contributed by atoms with Crippen molar-refractivity contribution >= 4 is 5.78 Å². The van der Waals surface area contributed by atoms with Gasteiger partial charge in [0.25, 0.3) is 0 Å². The summed E-state index contributed by atoms with van der Waals surface area (Å²) in [4.78, 5) is 10.4. The Hall–Kier alpha value is -1.25. The summed E-state index contributed by atoms with van der Waals surface area (Å²) in [7, 11) is 0. The van der Waals surface area contributed by atoms with Crippen LogP contribution in [0.15, 0.2) is 17.9 Å². The van der Waals surface area contributed by atoms with E-state index in [1.807, 2.05) is 6.08 Å². The van der Waals surface area contributed by atoms with E-state index in [2.05, 4.69) is 11.7 Å². The number of unbranched alkanes of at least 4 members (excludes halogenated alkanes) is 2. The molecule has 1 nitrogen and oxygen atoms in total. The van der Waals surface area contributed by atoms with Gasteiger partial charge in [-0.3, -0.25) is 4.79 Å². The van der Waals surface area contributed by atoms with Gasteiger partial charge in [0.1, 0.15) is 0 Å². The maximum absolute atomic E-state index is 10.4. The van der Waals surface area contributed by atoms with E-state index in [1.165, 1.54) is 13.0 Å². The molecule has 0 aromatic rings. The van der Waals surface area contributed by atoms with Crippen molar-refractivity contribution in [2.75, 3.05) is 0 Å². The molecule has 0 amide bonds. The molecule has 0 atom stereocenters. The fourth-order valence-electron chi connectivity index (χ4n) is 0.566. The summed E-state index contributed by atoms with van der Waals surface area (Å²) < 4.78 is 0. The van der Waals surface area contributed by atoms with Crippen LogP contribution in [0.4, 0.5) is 0 Å². The molecule has 0 saturated carbocycles. The van der Waals surface area contributed by atoms with Crippen LogP contribution in [-0.4, -0.2) is 5.78 Å². The first-order chi connectivity index (χ1) is 5.27. The molecule has 58 valence electrons. The molecule has 0 aliphatic carbocycles. The Morgan fingerprint density at radius 2 is 2.36 bits per heavy atom. The molecule has 0 N–H and O–H groups in total. The Balaban J connectivity index is 3.46. The average Bonchev–Trinajstić information content (AvgIpc) is 1.96. The summed E-state index contributed by atoms with van der Waals surface area (Å²) in [5.74, 6) is 2.57. The predicted molar refractivity (Wildman–Crippen MR) is 46.0 cm³/mol. The molecular weight excluding hydrogens is 136 g/mol. The maximum Gasteiger partial charge on any atom is 0.160 e. The molecule has 0 rings (SSSR count). The number of carbonyl (C=O) groups is 1. The first-order valence-corrected chi connectivity index (χ1v) is 3.62. The lowest BCUT2D eigenvalue weighted by Crippen LogP contribution is -1.76. The lowest BCUT2D eigenvalue weighted by atomic mass is 10.2. The highest BCUT2D eigenvalue weighted by atomic mass is 16.1. The van der Waals surface area contributed by atoms with Crippen LogP contribution in [0.2, 0.25) is 0 Å². The Morgan fingerprint density at radius 3 is 2.91 bits per heavy atom. The van der Waals surface area contributed by atoms with Crippen molar-refractivity contribution in [2.45, 2.75) is 26.2 Å². The molecule has 0 aromatic carbocycles. The lowest BCUT2D eigenvalue weighted by Gasteiger charge is -1.83. The lowest BCUT2D eigenvalue weighted by molar-refractivity contribution is -0.112. The molecule has 0 aliphatic rings. The first-order valence-electron chi connectivity index (χ1n) is 3.62. The zero-order valence-electron chi connectivity index (χ0n) is 6.76. The molecule has 0 radical (unpaired) electrons. The number of carbonyl (C=O) groups excluding carboxylic acids is 1. The number of hydrogen-bond acceptors (Lipinski definition) is 1. The van der Waals surface area contributed by atoms with Crippen molar-refractivity contribution in [3.8, 4) is 12.3 Å². The van der Waals surface area contributed by atoms with Crippen molar-refractivity contribution in [1.29, 1.82) is 0 Å². The van der Waals surface area contributed by atoms with Gasteiger partial charge < -0.3 is 0 Å². The largest absolute Gasteiger partial charge is 0.294 e. The standard InChI is InChI=1S/C10H12O/c1-3-4-5-6-7-8-9-10(2)11/h1,7,9H,4-6H2,2H3. The van der Waals surface area contributed by atoms with Crippen molar-refractivity contribution in [3.05, 3.63) is 17.9 Å². The van der Waals surface area contributed by atoms with E-state index in [0.717, 1.165) is 19.3 Å². The van der Waals surface area contributed by atoms with Crippen molar-refractivity contribution in [1.82, 2.24) is 0 Å². The number of ketones is 1. The van der Waals surface area contributed by atoms with Gasteiger partial charge in [0.15, 0.2) is 5.78 Å². The normalized spacial score (nSPS) is 7.64. The molecule has 0 aromatic heterocycles. The first kappa shape index (κ1) is 9.75. The number of allylic oxidation sites excluding steroid dienone is 1. The minimum absolute atomic E-state index is 0.0261. The van der Waals surface area contributed by atoms with E-state index in [9.17, 15) is 4.79 Å². The fraction of sp³-hybridized carbons (Fsp3) is 0.400. The highest BCUT2D eigenvalue weighted by Crippen LogP contribution is 1.93. The molecule has 11 heavy (non-hydrogen) atoms. The van der Waals surface area contributed by atoms with Gasteiger partial charge in [0.05, 0.1) is 0 Å². The average molecular weight is 148 g/mol. The minimum atomic E-state index is 0.0261. The number of terminal acetylenes is 1. The monoisotopic (exact) mass is 148 g/mol. The predicted octanol–water partition coefficient (Wildman–Crippen LogP) is 2.09. The van der Waals surface area contributed by atoms with Crippen molar-refractivity contribution in [3.63, 3.8) is 0 Å². The molecule has 1 heteroatoms. The third kappa shape index (κ3) is 8.75. The topological polar surface area (TPSA) is 17.1 Å². The molecule has 0 bridgehead atoms. The van der Waals surface area contributed by atoms with E-state index in [4.69, 9.17) is 6.42 Å². The summed E-state index contributed by atoms with van der Waals surface area (Å²) >= 11 is 0. The van der Waals surface area contributed by atoms with Gasteiger partial charge in [-0.25, -0.2) is 0 Å². The quantitative estimate of drug-likeness (QED) is 0.258. The van der Waals surface area contributed by atoms with Crippen LogP contribution >= 0.6 is 0 Å². The van der Waals surface area contributed by atoms with Crippen LogP contribution in [0.1, 0.15) is 26.2 Å². The van der Waals surface area contributed by atoms with E-state index < -0.39 is 0 Å². The van der Waals surface area contributed by atoms with Crippen LogP contribution < -0.4 is 0 Å². The third-order valence-electron chi connectivity index (χ3n) is 1.07. The second-order valence-electron chi connectivity index (χ2n) is 2.22. The van der Waals surface area contributed by atoms with E-state index in [-0.39, 0.29) is 5.78 Å². The van der Waals surface area contributed by atoms with Crippen LogP contribution in [0.3, 0.4) is 0 Å². The van der Waals surface area contributed by atoms with Crippen LogP contribution in [0.5, 0.6) is 0 Å². The van der Waals surface area contributed by atoms with Crippen LogP contribution in [-0.2, 0) is 4.79 Å². The second-order valence-corrected chi connectivity index (χ2v) is 2.22. The Kier molecular flexibility index (Phi) is 6.08. The minimum Gasteiger partial charge on any atom is -0.294 e. The van der Waals surface area contributed by atoms with Crippen LogP contribution in [0.25, 0.3) is 0 Å². The van der Waals surface area contributed by atoms with Crippen molar-refractivity contribution < 1.29 is 4.79 Å². The molecule has 0 heterocycles. The van der Waals surface area contributed by atoms with Gasteiger partial charge in [-0.1, -0.05) is 0 Å². The smallest absolute Gasteiger partial charge is 0.160 e. The Bertz CT molecular complexity index is 212. The van der Waals surface area contributed by atoms with Crippen molar-refractivity contribution in [2.24, 2.45) is 0 Å². The van der Waals surface area contributed by atoms with E-state index >= 15 is 0 Å². The maximum atomic E-state index is 10.4. The summed E-state index contributed by atoms with van der Waals surface area (Å²) in [5, 5.41) is 0. The summed E-state index contributed by atoms with van der Waals surface area (Å²) in [6, 6.07) is 0. The highest BCUT2D eigenvalue weighted by Gasteiger charge is 1.78. The zero-order valence-corrected chi connectivity index (χ0v) is 6.76. The third-order valence-corrected chi connectivity index (χ3v) is 1.07. The van der Waals surface area contributed by atoms with Gasteiger partial charge >= 0.3 is 0 Å². The highest BCUT2D eigenvalue weighted by molar-refractivity contribution is 5.86. The fourth-order valence-corrected chi connectivity index (χ4v) is 0.566. The van der Waals surface area contributed by atoms with E-state index in [0.29, 0.717) is 0 Å². The molecule has 0 spiro atoms. The Morgan fingerprint density at radius 1 is 1.64 bits per heavy atom.